The van der Waals surface area contributed by atoms with Crippen LogP contribution in [0.1, 0.15) is 18.5 Å². The van der Waals surface area contributed by atoms with E-state index in [9.17, 15) is 8.78 Å². The third kappa shape index (κ3) is 3.37. The van der Waals surface area contributed by atoms with Gasteiger partial charge in [0.15, 0.2) is 0 Å². The van der Waals surface area contributed by atoms with Gasteiger partial charge in [0.05, 0.1) is 0 Å². The van der Waals surface area contributed by atoms with Crippen LogP contribution in [0.25, 0.3) is 0 Å². The van der Waals surface area contributed by atoms with E-state index in [2.05, 4.69) is 10.2 Å². The van der Waals surface area contributed by atoms with Gasteiger partial charge in [0.25, 0.3) is 0 Å². The quantitative estimate of drug-likeness (QED) is 0.880. The maximum atomic E-state index is 13.6. The third-order valence-electron chi connectivity index (χ3n) is 3.11. The van der Waals surface area contributed by atoms with E-state index in [1.807, 2.05) is 6.92 Å². The Bertz CT molecular complexity index is 368. The SMILES string of the molecule is C[C@@H](c1ccc(F)cc1F)N1CCNCC1.Cl. The number of rotatable bonds is 2. The van der Waals surface area contributed by atoms with Crippen molar-refractivity contribution in [1.82, 2.24) is 10.2 Å². The zero-order valence-electron chi connectivity index (χ0n) is 9.75. The van der Waals surface area contributed by atoms with Crippen molar-refractivity contribution in [3.05, 3.63) is 35.4 Å². The first-order valence-corrected chi connectivity index (χ1v) is 5.58. The van der Waals surface area contributed by atoms with Gasteiger partial charge < -0.3 is 5.32 Å². The Balaban J connectivity index is 0.00000144. The van der Waals surface area contributed by atoms with E-state index < -0.39 is 11.6 Å². The van der Waals surface area contributed by atoms with Crippen LogP contribution in [0.15, 0.2) is 18.2 Å². The summed E-state index contributed by atoms with van der Waals surface area (Å²) in [5, 5.41) is 3.25. The molecule has 1 fully saturated rings. The molecule has 96 valence electrons. The second-order valence-corrected chi connectivity index (χ2v) is 4.13. The number of piperazine rings is 1. The minimum absolute atomic E-state index is 0. The molecular weight excluding hydrogens is 246 g/mol. The number of hydrogen-bond donors (Lipinski definition) is 1. The van der Waals surface area contributed by atoms with Crippen LogP contribution < -0.4 is 5.32 Å². The molecule has 1 aromatic carbocycles. The fraction of sp³-hybridized carbons (Fsp3) is 0.500. The van der Waals surface area contributed by atoms with Crippen molar-refractivity contribution in [3.8, 4) is 0 Å². The molecule has 0 aliphatic carbocycles. The zero-order chi connectivity index (χ0) is 11.5. The van der Waals surface area contributed by atoms with Crippen LogP contribution in [0.3, 0.4) is 0 Å². The molecule has 0 unspecified atom stereocenters. The average Bonchev–Trinajstić information content (AvgIpc) is 2.29. The highest BCUT2D eigenvalue weighted by Gasteiger charge is 2.20. The molecule has 1 aliphatic heterocycles. The number of nitrogens with zero attached hydrogens (tertiary/aromatic N) is 1. The van der Waals surface area contributed by atoms with Gasteiger partial charge in [0.1, 0.15) is 11.6 Å². The Morgan fingerprint density at radius 1 is 1.24 bits per heavy atom. The molecule has 0 radical (unpaired) electrons. The Hall–Kier alpha value is -0.710. The predicted molar refractivity (Wildman–Crippen MR) is 66.5 cm³/mol. The van der Waals surface area contributed by atoms with E-state index >= 15 is 0 Å². The van der Waals surface area contributed by atoms with E-state index in [1.165, 1.54) is 12.1 Å². The lowest BCUT2D eigenvalue weighted by Crippen LogP contribution is -2.44. The molecule has 0 amide bonds. The summed E-state index contributed by atoms with van der Waals surface area (Å²) >= 11 is 0. The Morgan fingerprint density at radius 3 is 2.47 bits per heavy atom. The van der Waals surface area contributed by atoms with Crippen LogP contribution in [0.4, 0.5) is 8.78 Å². The van der Waals surface area contributed by atoms with Crippen LogP contribution in [0.2, 0.25) is 0 Å². The number of halogens is 3. The van der Waals surface area contributed by atoms with E-state index in [4.69, 9.17) is 0 Å². The molecule has 2 rings (SSSR count). The fourth-order valence-corrected chi connectivity index (χ4v) is 2.11. The highest BCUT2D eigenvalue weighted by molar-refractivity contribution is 5.85. The van der Waals surface area contributed by atoms with Gasteiger partial charge in [-0.2, -0.15) is 0 Å². The maximum absolute atomic E-state index is 13.6. The Morgan fingerprint density at radius 2 is 1.88 bits per heavy atom. The zero-order valence-corrected chi connectivity index (χ0v) is 10.6. The number of benzene rings is 1. The molecule has 1 aliphatic rings. The molecule has 1 aromatic rings. The average molecular weight is 263 g/mol. The summed E-state index contributed by atoms with van der Waals surface area (Å²) < 4.78 is 26.4. The van der Waals surface area contributed by atoms with Crippen LogP contribution >= 0.6 is 12.4 Å². The Kier molecular flexibility index (Phi) is 5.31. The second-order valence-electron chi connectivity index (χ2n) is 4.13. The van der Waals surface area contributed by atoms with Crippen LogP contribution in [-0.4, -0.2) is 31.1 Å². The van der Waals surface area contributed by atoms with E-state index in [0.717, 1.165) is 32.2 Å². The molecule has 1 heterocycles. The van der Waals surface area contributed by atoms with Crippen LogP contribution in [0, 0.1) is 11.6 Å². The topological polar surface area (TPSA) is 15.3 Å². The summed E-state index contributed by atoms with van der Waals surface area (Å²) in [5.41, 5.74) is 0.573. The van der Waals surface area contributed by atoms with E-state index in [-0.39, 0.29) is 18.4 Å². The third-order valence-corrected chi connectivity index (χ3v) is 3.11. The molecule has 0 spiro atoms. The monoisotopic (exact) mass is 262 g/mol. The van der Waals surface area contributed by atoms with Gasteiger partial charge in [-0.25, -0.2) is 8.78 Å². The summed E-state index contributed by atoms with van der Waals surface area (Å²) in [5.74, 6) is -0.972. The van der Waals surface area contributed by atoms with Crippen molar-refractivity contribution in [1.29, 1.82) is 0 Å². The first kappa shape index (κ1) is 14.4. The molecule has 0 bridgehead atoms. The summed E-state index contributed by atoms with van der Waals surface area (Å²) in [6, 6.07) is 3.81. The van der Waals surface area contributed by atoms with Crippen molar-refractivity contribution in [2.45, 2.75) is 13.0 Å². The fourth-order valence-electron chi connectivity index (χ4n) is 2.11. The van der Waals surface area contributed by atoms with Crippen LogP contribution in [0.5, 0.6) is 0 Å². The second kappa shape index (κ2) is 6.28. The minimum atomic E-state index is -0.520. The standard InChI is InChI=1S/C12H16F2N2.ClH/c1-9(16-6-4-15-5-7-16)11-3-2-10(13)8-12(11)14;/h2-3,8-9,15H,4-7H2,1H3;1H/t9-;/m0./s1. The van der Waals surface area contributed by atoms with Gasteiger partial charge in [0, 0.05) is 43.9 Å². The van der Waals surface area contributed by atoms with Gasteiger partial charge in [-0.05, 0) is 13.0 Å². The lowest BCUT2D eigenvalue weighted by molar-refractivity contribution is 0.182. The molecule has 0 saturated carbocycles. The first-order chi connectivity index (χ1) is 7.68. The highest BCUT2D eigenvalue weighted by atomic mass is 35.5. The summed E-state index contributed by atoms with van der Waals surface area (Å²) in [7, 11) is 0. The van der Waals surface area contributed by atoms with Gasteiger partial charge in [0.2, 0.25) is 0 Å². The molecule has 5 heteroatoms. The molecule has 17 heavy (non-hydrogen) atoms. The first-order valence-electron chi connectivity index (χ1n) is 5.58. The van der Waals surface area contributed by atoms with Gasteiger partial charge >= 0.3 is 0 Å². The molecule has 1 N–H and O–H groups in total. The maximum Gasteiger partial charge on any atom is 0.130 e. The lowest BCUT2D eigenvalue weighted by atomic mass is 10.1. The minimum Gasteiger partial charge on any atom is -0.314 e. The van der Waals surface area contributed by atoms with E-state index in [0.29, 0.717) is 5.56 Å². The molecule has 2 nitrogen and oxygen atoms in total. The van der Waals surface area contributed by atoms with E-state index in [1.54, 1.807) is 0 Å². The number of hydrogen-bond acceptors (Lipinski definition) is 2. The highest BCUT2D eigenvalue weighted by Crippen LogP contribution is 2.23. The Labute approximate surface area is 106 Å². The summed E-state index contributed by atoms with van der Waals surface area (Å²) in [4.78, 5) is 2.20. The molecule has 1 atom stereocenters. The van der Waals surface area contributed by atoms with Gasteiger partial charge in [-0.3, -0.25) is 4.90 Å². The summed E-state index contributed by atoms with van der Waals surface area (Å²) in [6.07, 6.45) is 0. The largest absolute Gasteiger partial charge is 0.314 e. The van der Waals surface area contributed by atoms with Crippen molar-refractivity contribution in [3.63, 3.8) is 0 Å². The smallest absolute Gasteiger partial charge is 0.130 e. The molecule has 1 saturated heterocycles. The molecular formula is C12H17ClF2N2. The normalized spacial score (nSPS) is 18.5. The summed E-state index contributed by atoms with van der Waals surface area (Å²) in [6.45, 7) is 5.61. The van der Waals surface area contributed by atoms with Crippen LogP contribution in [-0.2, 0) is 0 Å². The molecule has 0 aromatic heterocycles. The van der Waals surface area contributed by atoms with Crippen molar-refractivity contribution in [2.75, 3.05) is 26.2 Å². The van der Waals surface area contributed by atoms with Gasteiger partial charge in [-0.1, -0.05) is 6.07 Å². The lowest BCUT2D eigenvalue weighted by Gasteiger charge is -2.33. The van der Waals surface area contributed by atoms with Crippen molar-refractivity contribution in [2.24, 2.45) is 0 Å². The van der Waals surface area contributed by atoms with Gasteiger partial charge in [-0.15, -0.1) is 12.4 Å². The van der Waals surface area contributed by atoms with Crippen molar-refractivity contribution >= 4 is 12.4 Å². The number of nitrogens with one attached hydrogen (secondary N) is 1. The van der Waals surface area contributed by atoms with Crippen molar-refractivity contribution < 1.29 is 8.78 Å². The predicted octanol–water partition coefficient (Wildman–Crippen LogP) is 2.35.